The van der Waals surface area contributed by atoms with Crippen molar-refractivity contribution in [1.29, 1.82) is 0 Å². The molecule has 1 aromatic rings. The van der Waals surface area contributed by atoms with Crippen LogP contribution in [-0.4, -0.2) is 55.5 Å². The number of nitrogens with zero attached hydrogens (tertiary/aromatic N) is 2. The van der Waals surface area contributed by atoms with Crippen LogP contribution in [0.5, 0.6) is 0 Å². The number of carbonyl (C=O) groups is 1. The zero-order chi connectivity index (χ0) is 15.2. The number of nitrogens with one attached hydrogen (secondary N) is 1. The van der Waals surface area contributed by atoms with E-state index in [1.54, 1.807) is 4.90 Å². The second kappa shape index (κ2) is 7.46. The molecule has 1 unspecified atom stereocenters. The van der Waals surface area contributed by atoms with Crippen LogP contribution < -0.4 is 5.32 Å². The van der Waals surface area contributed by atoms with E-state index in [1.165, 1.54) is 11.3 Å². The van der Waals surface area contributed by atoms with Crippen LogP contribution in [0.1, 0.15) is 25.3 Å². The highest BCUT2D eigenvalue weighted by Gasteiger charge is 2.30. The molecule has 1 heterocycles. The lowest BCUT2D eigenvalue weighted by Gasteiger charge is -2.26. The highest BCUT2D eigenvalue weighted by molar-refractivity contribution is 5.81. The maximum Gasteiger partial charge on any atom is 0.239 e. The number of hydrogen-bond donors (Lipinski definition) is 1. The van der Waals surface area contributed by atoms with E-state index in [1.807, 2.05) is 14.1 Å². The number of amides is 1. The first-order valence-corrected chi connectivity index (χ1v) is 7.90. The molecule has 1 aromatic carbocycles. The van der Waals surface area contributed by atoms with Crippen molar-refractivity contribution < 1.29 is 4.79 Å². The lowest BCUT2D eigenvalue weighted by atomic mass is 10.1. The standard InChI is InChI=1S/C17H27N3O/c1-4-14-8-5-6-9-15(14)18-11-13-20-12-7-10-16(20)17(21)19(2)3/h5-6,8-9,16,18H,4,7,10-13H2,1-3H3. The fourth-order valence-electron chi connectivity index (χ4n) is 3.01. The molecule has 1 fully saturated rings. The maximum atomic E-state index is 12.2. The summed E-state index contributed by atoms with van der Waals surface area (Å²) in [6.07, 6.45) is 3.15. The Morgan fingerprint density at radius 3 is 2.86 bits per heavy atom. The van der Waals surface area contributed by atoms with Crippen LogP contribution >= 0.6 is 0 Å². The molecule has 1 aliphatic heterocycles. The van der Waals surface area contributed by atoms with Crippen LogP contribution in [0.15, 0.2) is 24.3 Å². The zero-order valence-electron chi connectivity index (χ0n) is 13.4. The van der Waals surface area contributed by atoms with E-state index in [-0.39, 0.29) is 11.9 Å². The molecule has 0 bridgehead atoms. The smallest absolute Gasteiger partial charge is 0.239 e. The Labute approximate surface area is 128 Å². The van der Waals surface area contributed by atoms with E-state index < -0.39 is 0 Å². The summed E-state index contributed by atoms with van der Waals surface area (Å²) in [5.74, 6) is 0.237. The van der Waals surface area contributed by atoms with E-state index in [0.29, 0.717) is 0 Å². The van der Waals surface area contributed by atoms with Gasteiger partial charge in [0.05, 0.1) is 6.04 Å². The van der Waals surface area contributed by atoms with Crippen molar-refractivity contribution in [2.45, 2.75) is 32.2 Å². The topological polar surface area (TPSA) is 35.6 Å². The predicted octanol–water partition coefficient (Wildman–Crippen LogP) is 2.21. The van der Waals surface area contributed by atoms with Crippen molar-refractivity contribution in [3.8, 4) is 0 Å². The lowest BCUT2D eigenvalue weighted by molar-refractivity contribution is -0.133. The molecule has 0 saturated carbocycles. The highest BCUT2D eigenvalue weighted by Crippen LogP contribution is 2.19. The summed E-state index contributed by atoms with van der Waals surface area (Å²) in [5.41, 5.74) is 2.56. The van der Waals surface area contributed by atoms with E-state index in [0.717, 1.165) is 38.9 Å². The quantitative estimate of drug-likeness (QED) is 0.872. The Balaban J connectivity index is 1.86. The van der Waals surface area contributed by atoms with Gasteiger partial charge in [0.1, 0.15) is 0 Å². The van der Waals surface area contributed by atoms with E-state index >= 15 is 0 Å². The molecule has 2 rings (SSSR count). The molecule has 0 radical (unpaired) electrons. The SMILES string of the molecule is CCc1ccccc1NCCN1CCCC1C(=O)N(C)C. The fraction of sp³-hybridized carbons (Fsp3) is 0.588. The van der Waals surface area contributed by atoms with Crippen LogP contribution in [-0.2, 0) is 11.2 Å². The van der Waals surface area contributed by atoms with Gasteiger partial charge in [0.2, 0.25) is 5.91 Å². The summed E-state index contributed by atoms with van der Waals surface area (Å²) >= 11 is 0. The van der Waals surface area contributed by atoms with Crippen molar-refractivity contribution >= 4 is 11.6 Å². The Morgan fingerprint density at radius 1 is 1.38 bits per heavy atom. The van der Waals surface area contributed by atoms with Crippen molar-refractivity contribution in [3.05, 3.63) is 29.8 Å². The van der Waals surface area contributed by atoms with Gasteiger partial charge in [-0.2, -0.15) is 0 Å². The van der Waals surface area contributed by atoms with Crippen LogP contribution in [0.25, 0.3) is 0 Å². The normalized spacial score (nSPS) is 18.7. The zero-order valence-corrected chi connectivity index (χ0v) is 13.4. The Bertz CT molecular complexity index is 473. The van der Waals surface area contributed by atoms with Crippen LogP contribution in [0.2, 0.25) is 0 Å². The molecule has 116 valence electrons. The molecular weight excluding hydrogens is 262 g/mol. The minimum atomic E-state index is 0.0724. The molecule has 1 atom stereocenters. The number of anilines is 1. The minimum absolute atomic E-state index is 0.0724. The third-order valence-electron chi connectivity index (χ3n) is 4.20. The van der Waals surface area contributed by atoms with Crippen molar-refractivity contribution in [2.24, 2.45) is 0 Å². The van der Waals surface area contributed by atoms with E-state index in [4.69, 9.17) is 0 Å². The van der Waals surface area contributed by atoms with Gasteiger partial charge in [-0.25, -0.2) is 0 Å². The number of likely N-dealkylation sites (N-methyl/N-ethyl adjacent to an activating group) is 1. The van der Waals surface area contributed by atoms with Gasteiger partial charge >= 0.3 is 0 Å². The molecule has 21 heavy (non-hydrogen) atoms. The summed E-state index contributed by atoms with van der Waals surface area (Å²) in [6, 6.07) is 8.51. The third-order valence-corrected chi connectivity index (χ3v) is 4.20. The van der Waals surface area contributed by atoms with Gasteiger partial charge < -0.3 is 10.2 Å². The first-order valence-electron chi connectivity index (χ1n) is 7.90. The van der Waals surface area contributed by atoms with Crippen molar-refractivity contribution in [3.63, 3.8) is 0 Å². The Morgan fingerprint density at radius 2 is 2.14 bits per heavy atom. The summed E-state index contributed by atoms with van der Waals surface area (Å²) in [5, 5.41) is 3.51. The monoisotopic (exact) mass is 289 g/mol. The molecule has 0 aromatic heterocycles. The Kier molecular flexibility index (Phi) is 5.62. The maximum absolute atomic E-state index is 12.2. The largest absolute Gasteiger partial charge is 0.384 e. The molecule has 4 nitrogen and oxygen atoms in total. The molecular formula is C17H27N3O. The van der Waals surface area contributed by atoms with E-state index in [9.17, 15) is 4.79 Å². The molecule has 1 N–H and O–H groups in total. The fourth-order valence-corrected chi connectivity index (χ4v) is 3.01. The molecule has 0 spiro atoms. The van der Waals surface area contributed by atoms with Crippen LogP contribution in [0.3, 0.4) is 0 Å². The number of aryl methyl sites for hydroxylation is 1. The van der Waals surface area contributed by atoms with E-state index in [2.05, 4.69) is 41.4 Å². The highest BCUT2D eigenvalue weighted by atomic mass is 16.2. The van der Waals surface area contributed by atoms with Gasteiger partial charge in [0, 0.05) is 32.9 Å². The molecule has 1 aliphatic rings. The average molecular weight is 289 g/mol. The average Bonchev–Trinajstić information content (AvgIpc) is 2.95. The van der Waals surface area contributed by atoms with Gasteiger partial charge in [0.25, 0.3) is 0 Å². The number of hydrogen-bond acceptors (Lipinski definition) is 3. The third kappa shape index (κ3) is 3.97. The summed E-state index contributed by atoms with van der Waals surface area (Å²) in [7, 11) is 3.68. The van der Waals surface area contributed by atoms with Gasteiger partial charge in [-0.1, -0.05) is 25.1 Å². The van der Waals surface area contributed by atoms with Crippen LogP contribution in [0, 0.1) is 0 Å². The van der Waals surface area contributed by atoms with Crippen molar-refractivity contribution in [2.75, 3.05) is 39.0 Å². The van der Waals surface area contributed by atoms with Gasteiger partial charge in [-0.15, -0.1) is 0 Å². The first-order chi connectivity index (χ1) is 10.1. The summed E-state index contributed by atoms with van der Waals surface area (Å²) in [4.78, 5) is 16.2. The predicted molar refractivity (Wildman–Crippen MR) is 87.6 cm³/mol. The minimum Gasteiger partial charge on any atom is -0.384 e. The van der Waals surface area contributed by atoms with Crippen LogP contribution in [0.4, 0.5) is 5.69 Å². The molecule has 4 heteroatoms. The first kappa shape index (κ1) is 15.8. The number of carbonyl (C=O) groups excluding carboxylic acids is 1. The Hall–Kier alpha value is -1.55. The second-order valence-corrected chi connectivity index (χ2v) is 5.86. The summed E-state index contributed by atoms with van der Waals surface area (Å²) in [6.45, 7) is 5.00. The van der Waals surface area contributed by atoms with Gasteiger partial charge in [-0.3, -0.25) is 9.69 Å². The second-order valence-electron chi connectivity index (χ2n) is 5.86. The summed E-state index contributed by atoms with van der Waals surface area (Å²) < 4.78 is 0. The molecule has 1 saturated heterocycles. The molecule has 0 aliphatic carbocycles. The van der Waals surface area contributed by atoms with Gasteiger partial charge in [0.15, 0.2) is 0 Å². The number of para-hydroxylation sites is 1. The number of benzene rings is 1. The number of likely N-dealkylation sites (tertiary alicyclic amines) is 1. The lowest BCUT2D eigenvalue weighted by Crippen LogP contribution is -2.44. The van der Waals surface area contributed by atoms with Gasteiger partial charge in [-0.05, 0) is 37.4 Å². The number of rotatable bonds is 6. The molecule has 1 amide bonds. The van der Waals surface area contributed by atoms with Crippen molar-refractivity contribution in [1.82, 2.24) is 9.80 Å².